The molecule has 23 heavy (non-hydrogen) atoms. The van der Waals surface area contributed by atoms with Gasteiger partial charge in [0.25, 0.3) is 5.91 Å². The van der Waals surface area contributed by atoms with Gasteiger partial charge in [-0.05, 0) is 26.8 Å². The molecule has 3 N–H and O–H groups in total. The molecule has 0 spiro atoms. The minimum Gasteiger partial charge on any atom is -0.482 e. The standard InChI is InChI=1S/C15H20ClN3O4/c1-15(2,3)23-14(21)18-5-4-17-10-7-12-11(6-9(10)16)19-13(20)8-22-12/h6-7,17H,4-5,8H2,1-3H3,(H,18,21)(H,19,20). The molecule has 1 aliphatic heterocycles. The number of anilines is 2. The first-order valence-corrected chi connectivity index (χ1v) is 7.59. The number of ether oxygens (including phenoxy) is 2. The first kappa shape index (κ1) is 17.2. The zero-order chi connectivity index (χ0) is 17.0. The fourth-order valence-corrected chi connectivity index (χ4v) is 2.14. The quantitative estimate of drug-likeness (QED) is 0.732. The lowest BCUT2D eigenvalue weighted by molar-refractivity contribution is -0.118. The van der Waals surface area contributed by atoms with Gasteiger partial charge in [0, 0.05) is 19.2 Å². The molecule has 2 rings (SSSR count). The van der Waals surface area contributed by atoms with Crippen LogP contribution < -0.4 is 20.7 Å². The van der Waals surface area contributed by atoms with Gasteiger partial charge in [-0.15, -0.1) is 0 Å². The number of hydrogen-bond acceptors (Lipinski definition) is 5. The minimum atomic E-state index is -0.527. The van der Waals surface area contributed by atoms with Gasteiger partial charge in [-0.2, -0.15) is 0 Å². The third-order valence-electron chi connectivity index (χ3n) is 2.81. The summed E-state index contributed by atoms with van der Waals surface area (Å²) in [5.41, 5.74) is 0.678. The Labute approximate surface area is 139 Å². The second kappa shape index (κ2) is 6.95. The molecule has 126 valence electrons. The Morgan fingerprint density at radius 3 is 2.83 bits per heavy atom. The molecule has 1 aromatic rings. The fraction of sp³-hybridized carbons (Fsp3) is 0.467. The Balaban J connectivity index is 1.85. The topological polar surface area (TPSA) is 88.7 Å². The third-order valence-corrected chi connectivity index (χ3v) is 3.12. The lowest BCUT2D eigenvalue weighted by atomic mass is 10.2. The molecular weight excluding hydrogens is 322 g/mol. The maximum absolute atomic E-state index is 11.5. The Kier molecular flexibility index (Phi) is 5.20. The molecule has 2 amide bonds. The van der Waals surface area contributed by atoms with Crippen LogP contribution in [0.5, 0.6) is 5.75 Å². The van der Waals surface area contributed by atoms with Gasteiger partial charge in [0.2, 0.25) is 0 Å². The number of nitrogens with one attached hydrogen (secondary N) is 3. The number of rotatable bonds is 4. The number of carbonyl (C=O) groups is 2. The summed E-state index contributed by atoms with van der Waals surface area (Å²) in [5.74, 6) is 0.340. The number of hydrogen-bond donors (Lipinski definition) is 3. The first-order chi connectivity index (χ1) is 10.7. The van der Waals surface area contributed by atoms with Gasteiger partial charge in [-0.25, -0.2) is 4.79 Å². The lowest BCUT2D eigenvalue weighted by Gasteiger charge is -2.21. The Morgan fingerprint density at radius 1 is 1.39 bits per heavy atom. The Bertz CT molecular complexity index is 613. The van der Waals surface area contributed by atoms with Gasteiger partial charge in [-0.3, -0.25) is 4.79 Å². The van der Waals surface area contributed by atoms with Gasteiger partial charge in [0.15, 0.2) is 6.61 Å². The van der Waals surface area contributed by atoms with Crippen LogP contribution in [0.3, 0.4) is 0 Å². The van der Waals surface area contributed by atoms with E-state index in [0.717, 1.165) is 0 Å². The van der Waals surface area contributed by atoms with Crippen LogP contribution in [0.1, 0.15) is 20.8 Å². The van der Waals surface area contributed by atoms with Crippen molar-refractivity contribution in [1.82, 2.24) is 5.32 Å². The van der Waals surface area contributed by atoms with E-state index in [0.29, 0.717) is 35.2 Å². The molecule has 0 aliphatic carbocycles. The van der Waals surface area contributed by atoms with Crippen LogP contribution in [0, 0.1) is 0 Å². The van der Waals surface area contributed by atoms with E-state index in [1.54, 1.807) is 32.9 Å². The molecule has 0 unspecified atom stereocenters. The van der Waals surface area contributed by atoms with Crippen molar-refractivity contribution in [2.45, 2.75) is 26.4 Å². The van der Waals surface area contributed by atoms with Crippen LogP contribution in [0.4, 0.5) is 16.2 Å². The summed E-state index contributed by atoms with van der Waals surface area (Å²) in [6, 6.07) is 3.34. The number of benzene rings is 1. The molecule has 0 fully saturated rings. The molecule has 0 radical (unpaired) electrons. The molecule has 0 atom stereocenters. The number of alkyl carbamates (subject to hydrolysis) is 1. The highest BCUT2D eigenvalue weighted by Gasteiger charge is 2.18. The van der Waals surface area contributed by atoms with E-state index in [1.807, 2.05) is 0 Å². The average molecular weight is 342 g/mol. The molecule has 1 aromatic carbocycles. The summed E-state index contributed by atoms with van der Waals surface area (Å²) in [6.07, 6.45) is -0.470. The van der Waals surface area contributed by atoms with Gasteiger partial charge in [-0.1, -0.05) is 11.6 Å². The second-order valence-electron chi connectivity index (χ2n) is 6.02. The van der Waals surface area contributed by atoms with E-state index in [4.69, 9.17) is 21.1 Å². The summed E-state index contributed by atoms with van der Waals surface area (Å²) in [6.45, 7) is 6.22. The van der Waals surface area contributed by atoms with Gasteiger partial charge in [0.1, 0.15) is 11.4 Å². The highest BCUT2D eigenvalue weighted by Crippen LogP contribution is 2.36. The molecule has 8 heteroatoms. The average Bonchev–Trinajstić information content (AvgIpc) is 2.42. The minimum absolute atomic E-state index is 0.0196. The zero-order valence-corrected chi connectivity index (χ0v) is 14.0. The molecule has 0 saturated carbocycles. The van der Waals surface area contributed by atoms with Gasteiger partial charge in [0.05, 0.1) is 16.4 Å². The van der Waals surface area contributed by atoms with E-state index in [9.17, 15) is 9.59 Å². The predicted molar refractivity (Wildman–Crippen MR) is 88.3 cm³/mol. The Morgan fingerprint density at radius 2 is 2.13 bits per heavy atom. The molecule has 1 heterocycles. The molecule has 7 nitrogen and oxygen atoms in total. The van der Waals surface area contributed by atoms with Crippen LogP contribution in [0.25, 0.3) is 0 Å². The van der Waals surface area contributed by atoms with E-state index >= 15 is 0 Å². The Hall–Kier alpha value is -2.15. The van der Waals surface area contributed by atoms with Crippen LogP contribution >= 0.6 is 11.6 Å². The van der Waals surface area contributed by atoms with Crippen molar-refractivity contribution >= 4 is 35.0 Å². The molecule has 0 aromatic heterocycles. The first-order valence-electron chi connectivity index (χ1n) is 7.21. The highest BCUT2D eigenvalue weighted by atomic mass is 35.5. The zero-order valence-electron chi connectivity index (χ0n) is 13.3. The molecule has 1 aliphatic rings. The van der Waals surface area contributed by atoms with Crippen LogP contribution in [0.2, 0.25) is 5.02 Å². The van der Waals surface area contributed by atoms with Crippen molar-refractivity contribution in [2.75, 3.05) is 30.3 Å². The van der Waals surface area contributed by atoms with Crippen LogP contribution in [-0.2, 0) is 9.53 Å². The molecular formula is C15H20ClN3O4. The van der Waals surface area contributed by atoms with E-state index in [2.05, 4.69) is 16.0 Å². The summed E-state index contributed by atoms with van der Waals surface area (Å²) in [4.78, 5) is 22.8. The smallest absolute Gasteiger partial charge is 0.407 e. The highest BCUT2D eigenvalue weighted by molar-refractivity contribution is 6.33. The molecule has 0 bridgehead atoms. The normalized spacial score (nSPS) is 13.5. The number of amides is 2. The third kappa shape index (κ3) is 5.21. The van der Waals surface area contributed by atoms with E-state index in [-0.39, 0.29) is 12.5 Å². The number of halogens is 1. The maximum atomic E-state index is 11.5. The van der Waals surface area contributed by atoms with Crippen molar-refractivity contribution < 1.29 is 19.1 Å². The van der Waals surface area contributed by atoms with Crippen molar-refractivity contribution in [1.29, 1.82) is 0 Å². The number of carbonyl (C=O) groups excluding carboxylic acids is 2. The summed E-state index contributed by atoms with van der Waals surface area (Å²) in [5, 5.41) is 8.87. The summed E-state index contributed by atoms with van der Waals surface area (Å²) >= 11 is 6.16. The van der Waals surface area contributed by atoms with Crippen molar-refractivity contribution in [2.24, 2.45) is 0 Å². The number of fused-ring (bicyclic) bond motifs is 1. The van der Waals surface area contributed by atoms with E-state index in [1.165, 1.54) is 0 Å². The second-order valence-corrected chi connectivity index (χ2v) is 6.43. The molecule has 0 saturated heterocycles. The largest absolute Gasteiger partial charge is 0.482 e. The maximum Gasteiger partial charge on any atom is 0.407 e. The van der Waals surface area contributed by atoms with Crippen LogP contribution in [-0.4, -0.2) is 37.3 Å². The van der Waals surface area contributed by atoms with Crippen molar-refractivity contribution in [3.63, 3.8) is 0 Å². The monoisotopic (exact) mass is 341 g/mol. The predicted octanol–water partition coefficient (Wildman–Crippen LogP) is 2.61. The summed E-state index contributed by atoms with van der Waals surface area (Å²) < 4.78 is 10.5. The van der Waals surface area contributed by atoms with Crippen molar-refractivity contribution in [3.05, 3.63) is 17.2 Å². The SMILES string of the molecule is CC(C)(C)OC(=O)NCCNc1cc2c(cc1Cl)NC(=O)CO2. The van der Waals surface area contributed by atoms with Crippen molar-refractivity contribution in [3.8, 4) is 5.75 Å². The van der Waals surface area contributed by atoms with E-state index < -0.39 is 11.7 Å². The van der Waals surface area contributed by atoms with Crippen LogP contribution in [0.15, 0.2) is 12.1 Å². The summed E-state index contributed by atoms with van der Waals surface area (Å²) in [7, 11) is 0. The van der Waals surface area contributed by atoms with Gasteiger partial charge >= 0.3 is 6.09 Å². The fourth-order valence-electron chi connectivity index (χ4n) is 1.91. The van der Waals surface area contributed by atoms with Gasteiger partial charge < -0.3 is 25.4 Å². The lowest BCUT2D eigenvalue weighted by Crippen LogP contribution is -2.35.